The molecule has 0 heterocycles. The Morgan fingerprint density at radius 3 is 2.48 bits per heavy atom. The van der Waals surface area contributed by atoms with Crippen molar-refractivity contribution in [2.24, 2.45) is 0 Å². The van der Waals surface area contributed by atoms with Crippen LogP contribution in [0, 0.1) is 12.7 Å². The third-order valence-electron chi connectivity index (χ3n) is 3.27. The third-order valence-corrected chi connectivity index (χ3v) is 4.43. The third kappa shape index (κ3) is 3.78. The van der Waals surface area contributed by atoms with Gasteiger partial charge in [-0.2, -0.15) is 0 Å². The molecule has 0 amide bonds. The Hall–Kier alpha value is -0.610. The van der Waals surface area contributed by atoms with Gasteiger partial charge in [-0.3, -0.25) is 0 Å². The van der Waals surface area contributed by atoms with Gasteiger partial charge in [-0.15, -0.1) is 0 Å². The zero-order valence-electron chi connectivity index (χ0n) is 11.7. The van der Waals surface area contributed by atoms with Gasteiger partial charge < -0.3 is 5.32 Å². The Morgan fingerprint density at radius 1 is 1.14 bits per heavy atom. The lowest BCUT2D eigenvalue weighted by molar-refractivity contribution is 0.606. The topological polar surface area (TPSA) is 12.0 Å². The van der Waals surface area contributed by atoms with E-state index in [1.54, 1.807) is 13.0 Å². The van der Waals surface area contributed by atoms with Gasteiger partial charge in [0.25, 0.3) is 0 Å². The first-order chi connectivity index (χ1) is 9.93. The van der Waals surface area contributed by atoms with Crippen LogP contribution in [0.5, 0.6) is 0 Å². The lowest BCUT2D eigenvalue weighted by Crippen LogP contribution is -2.23. The molecule has 0 aliphatic heterocycles. The predicted molar refractivity (Wildman–Crippen MR) is 90.8 cm³/mol. The number of rotatable bonds is 4. The molecule has 2 aromatic rings. The lowest BCUT2D eigenvalue weighted by atomic mass is 9.97. The van der Waals surface area contributed by atoms with Crippen molar-refractivity contribution in [3.05, 3.63) is 67.4 Å². The minimum Gasteiger partial charge on any atom is -0.306 e. The van der Waals surface area contributed by atoms with E-state index in [1.807, 2.05) is 25.1 Å². The van der Waals surface area contributed by atoms with E-state index in [1.165, 1.54) is 6.07 Å². The van der Waals surface area contributed by atoms with Crippen molar-refractivity contribution in [1.82, 2.24) is 5.32 Å². The fraction of sp³-hybridized carbons (Fsp3) is 0.250. The first-order valence-corrected chi connectivity index (χ1v) is 8.12. The first kappa shape index (κ1) is 16.8. The van der Waals surface area contributed by atoms with E-state index >= 15 is 0 Å². The molecular formula is C16H15BrCl2FN. The van der Waals surface area contributed by atoms with Crippen molar-refractivity contribution in [2.75, 3.05) is 6.54 Å². The summed E-state index contributed by atoms with van der Waals surface area (Å²) in [5.74, 6) is -0.306. The number of nitrogens with one attached hydrogen (secondary N) is 1. The van der Waals surface area contributed by atoms with Crippen molar-refractivity contribution in [1.29, 1.82) is 0 Å². The summed E-state index contributed by atoms with van der Waals surface area (Å²) in [6, 6.07) is 8.59. The van der Waals surface area contributed by atoms with Crippen LogP contribution in [0.25, 0.3) is 0 Å². The summed E-state index contributed by atoms with van der Waals surface area (Å²) in [7, 11) is 0. The molecule has 1 N–H and O–H groups in total. The summed E-state index contributed by atoms with van der Waals surface area (Å²) in [6.07, 6.45) is 0. The van der Waals surface area contributed by atoms with Crippen molar-refractivity contribution in [2.45, 2.75) is 19.9 Å². The van der Waals surface area contributed by atoms with Gasteiger partial charge in [-0.25, -0.2) is 4.39 Å². The Labute approximate surface area is 142 Å². The molecule has 0 aromatic heterocycles. The summed E-state index contributed by atoms with van der Waals surface area (Å²) in [5, 5.41) is 4.39. The van der Waals surface area contributed by atoms with Crippen molar-refractivity contribution in [3.63, 3.8) is 0 Å². The second-order valence-electron chi connectivity index (χ2n) is 4.78. The minimum absolute atomic E-state index is 0.188. The Bertz CT molecular complexity index is 661. The van der Waals surface area contributed by atoms with E-state index in [9.17, 15) is 4.39 Å². The van der Waals surface area contributed by atoms with Gasteiger partial charge in [0.2, 0.25) is 0 Å². The normalized spacial score (nSPS) is 12.5. The molecule has 0 aliphatic carbocycles. The van der Waals surface area contributed by atoms with E-state index in [0.717, 1.165) is 22.1 Å². The van der Waals surface area contributed by atoms with E-state index < -0.39 is 0 Å². The zero-order chi connectivity index (χ0) is 15.6. The Kier molecular flexibility index (Phi) is 5.67. The van der Waals surface area contributed by atoms with Crippen LogP contribution in [0.1, 0.15) is 29.7 Å². The predicted octanol–water partition coefficient (Wildman–Crippen LogP) is 5.90. The maximum absolute atomic E-state index is 13.6. The average Bonchev–Trinajstić information content (AvgIpc) is 2.43. The Balaban J connectivity index is 2.58. The van der Waals surface area contributed by atoms with Crippen LogP contribution < -0.4 is 5.32 Å². The van der Waals surface area contributed by atoms with E-state index in [2.05, 4.69) is 21.2 Å². The van der Waals surface area contributed by atoms with Crippen molar-refractivity contribution < 1.29 is 4.39 Å². The van der Waals surface area contributed by atoms with Gasteiger partial charge in [0.15, 0.2) is 0 Å². The van der Waals surface area contributed by atoms with Gasteiger partial charge >= 0.3 is 0 Å². The fourth-order valence-corrected chi connectivity index (χ4v) is 3.09. The van der Waals surface area contributed by atoms with Gasteiger partial charge in [0.05, 0.1) is 6.04 Å². The zero-order valence-corrected chi connectivity index (χ0v) is 14.8. The minimum atomic E-state index is -0.306. The van der Waals surface area contributed by atoms with Crippen LogP contribution in [-0.4, -0.2) is 6.54 Å². The van der Waals surface area contributed by atoms with E-state index in [0.29, 0.717) is 15.6 Å². The molecule has 21 heavy (non-hydrogen) atoms. The van der Waals surface area contributed by atoms with Crippen LogP contribution >= 0.6 is 39.1 Å². The van der Waals surface area contributed by atoms with Gasteiger partial charge in [0.1, 0.15) is 5.82 Å². The monoisotopic (exact) mass is 389 g/mol. The Morgan fingerprint density at radius 2 is 1.81 bits per heavy atom. The summed E-state index contributed by atoms with van der Waals surface area (Å²) in [5.41, 5.74) is 2.28. The lowest BCUT2D eigenvalue weighted by Gasteiger charge is -2.22. The van der Waals surface area contributed by atoms with E-state index in [-0.39, 0.29) is 11.9 Å². The maximum atomic E-state index is 13.6. The van der Waals surface area contributed by atoms with Crippen LogP contribution in [0.2, 0.25) is 10.0 Å². The molecule has 2 aromatic carbocycles. The average molecular weight is 391 g/mol. The number of hydrogen-bond acceptors (Lipinski definition) is 1. The highest BCUT2D eigenvalue weighted by atomic mass is 79.9. The molecule has 0 spiro atoms. The van der Waals surface area contributed by atoms with Gasteiger partial charge in [-0.05, 0) is 60.5 Å². The van der Waals surface area contributed by atoms with Crippen LogP contribution in [0.15, 0.2) is 34.8 Å². The fourth-order valence-electron chi connectivity index (χ4n) is 2.23. The molecule has 112 valence electrons. The number of aryl methyl sites for hydroxylation is 1. The molecule has 1 nitrogen and oxygen atoms in total. The van der Waals surface area contributed by atoms with Crippen LogP contribution in [0.4, 0.5) is 4.39 Å². The molecular weight excluding hydrogens is 376 g/mol. The highest BCUT2D eigenvalue weighted by molar-refractivity contribution is 9.10. The maximum Gasteiger partial charge on any atom is 0.127 e. The van der Waals surface area contributed by atoms with Gasteiger partial charge in [0, 0.05) is 14.5 Å². The highest BCUT2D eigenvalue weighted by Crippen LogP contribution is 2.35. The molecule has 0 saturated carbocycles. The second-order valence-corrected chi connectivity index (χ2v) is 6.51. The first-order valence-electron chi connectivity index (χ1n) is 6.58. The largest absolute Gasteiger partial charge is 0.306 e. The van der Waals surface area contributed by atoms with Crippen LogP contribution in [0.3, 0.4) is 0 Å². The molecule has 0 aliphatic rings. The molecule has 2 rings (SSSR count). The quantitative estimate of drug-likeness (QED) is 0.684. The van der Waals surface area contributed by atoms with Crippen molar-refractivity contribution in [3.8, 4) is 0 Å². The number of hydrogen-bond donors (Lipinski definition) is 1. The van der Waals surface area contributed by atoms with Crippen molar-refractivity contribution >= 4 is 39.1 Å². The molecule has 5 heteroatoms. The number of halogens is 4. The summed E-state index contributed by atoms with van der Waals surface area (Å²) in [4.78, 5) is 0. The highest BCUT2D eigenvalue weighted by Gasteiger charge is 2.20. The van der Waals surface area contributed by atoms with Gasteiger partial charge in [-0.1, -0.05) is 46.1 Å². The van der Waals surface area contributed by atoms with E-state index in [4.69, 9.17) is 23.2 Å². The molecule has 0 fully saturated rings. The number of benzene rings is 2. The molecule has 0 saturated heterocycles. The molecule has 1 unspecified atom stereocenters. The summed E-state index contributed by atoms with van der Waals surface area (Å²) in [6.45, 7) is 4.46. The smallest absolute Gasteiger partial charge is 0.127 e. The summed E-state index contributed by atoms with van der Waals surface area (Å²) < 4.78 is 14.5. The SMILES string of the molecule is CCNC(c1cc(Br)ccc1Cl)c1cc(C)c(F)cc1Cl. The summed E-state index contributed by atoms with van der Waals surface area (Å²) >= 11 is 16.0. The molecule has 0 radical (unpaired) electrons. The molecule has 1 atom stereocenters. The second kappa shape index (κ2) is 7.10. The molecule has 0 bridgehead atoms. The standard InChI is InChI=1S/C16H15BrCl2FN/c1-3-21-16(12-7-10(17)4-5-13(12)18)11-6-9(2)15(20)8-14(11)19/h4-8,16,21H,3H2,1-2H3. The van der Waals surface area contributed by atoms with Crippen LogP contribution in [-0.2, 0) is 0 Å².